The number of anilines is 1. The Kier molecular flexibility index (Phi) is 3.88. The fourth-order valence-corrected chi connectivity index (χ4v) is 3.91. The number of fused-ring (bicyclic) bond motifs is 2. The van der Waals surface area contributed by atoms with Gasteiger partial charge in [-0.3, -0.25) is 9.78 Å². The minimum atomic E-state index is 0.0968. The van der Waals surface area contributed by atoms with E-state index in [-0.39, 0.29) is 18.0 Å². The van der Waals surface area contributed by atoms with Crippen molar-refractivity contribution in [2.75, 3.05) is 24.2 Å². The molecule has 2 aromatic heterocycles. The lowest BCUT2D eigenvalue weighted by molar-refractivity contribution is 0.00569. The molecule has 3 fully saturated rings. The zero-order chi connectivity index (χ0) is 16.7. The molecule has 0 aromatic carbocycles. The van der Waals surface area contributed by atoms with Crippen molar-refractivity contribution in [2.24, 2.45) is 0 Å². The molecule has 3 aliphatic rings. The number of rotatable bonds is 3. The zero-order valence-electron chi connectivity index (χ0n) is 13.7. The molecule has 2 atom stereocenters. The van der Waals surface area contributed by atoms with E-state index in [2.05, 4.69) is 19.9 Å². The first kappa shape index (κ1) is 15.4. The number of pyridine rings is 1. The van der Waals surface area contributed by atoms with E-state index in [4.69, 9.17) is 0 Å². The van der Waals surface area contributed by atoms with Crippen LogP contribution in [0, 0.1) is 6.92 Å². The lowest BCUT2D eigenvalue weighted by Crippen LogP contribution is -2.70. The van der Waals surface area contributed by atoms with Crippen molar-refractivity contribution >= 4 is 23.5 Å². The van der Waals surface area contributed by atoms with Gasteiger partial charge in [0.15, 0.2) is 5.16 Å². The molecule has 7 heteroatoms. The molecule has 0 spiro atoms. The number of amides is 1. The van der Waals surface area contributed by atoms with Crippen LogP contribution in [0.3, 0.4) is 0 Å². The smallest absolute Gasteiger partial charge is 0.256 e. The van der Waals surface area contributed by atoms with Crippen molar-refractivity contribution in [3.63, 3.8) is 0 Å². The summed E-state index contributed by atoms with van der Waals surface area (Å²) in [7, 11) is 0. The molecule has 0 saturated carbocycles. The largest absolute Gasteiger partial charge is 0.352 e. The van der Waals surface area contributed by atoms with Crippen molar-refractivity contribution in [2.45, 2.75) is 30.6 Å². The molecule has 0 N–H and O–H groups in total. The SMILES string of the molecule is CSc1nccc(N2CC3CC(C2)N3C(=O)c2cncc(C)c2)n1. The third-order valence-electron chi connectivity index (χ3n) is 4.67. The Hall–Kier alpha value is -2.15. The fourth-order valence-electron chi connectivity index (χ4n) is 3.56. The average Bonchev–Trinajstić information content (AvgIpc) is 2.61. The maximum Gasteiger partial charge on any atom is 0.256 e. The molecular weight excluding hydrogens is 322 g/mol. The molecule has 2 aromatic rings. The molecule has 0 radical (unpaired) electrons. The molecule has 0 aliphatic carbocycles. The van der Waals surface area contributed by atoms with Crippen LogP contribution < -0.4 is 4.90 Å². The van der Waals surface area contributed by atoms with Gasteiger partial charge in [-0.25, -0.2) is 9.97 Å². The molecule has 6 nitrogen and oxygen atoms in total. The maximum atomic E-state index is 12.8. The van der Waals surface area contributed by atoms with E-state index in [1.165, 1.54) is 0 Å². The Bertz CT molecular complexity index is 771. The van der Waals surface area contributed by atoms with Gasteiger partial charge in [0.25, 0.3) is 5.91 Å². The van der Waals surface area contributed by atoms with Gasteiger partial charge in [0.2, 0.25) is 0 Å². The molecule has 5 rings (SSSR count). The zero-order valence-corrected chi connectivity index (χ0v) is 14.5. The van der Waals surface area contributed by atoms with Gasteiger partial charge in [0.1, 0.15) is 5.82 Å². The summed E-state index contributed by atoms with van der Waals surface area (Å²) in [6.45, 7) is 3.61. The summed E-state index contributed by atoms with van der Waals surface area (Å²) in [6, 6.07) is 4.37. The van der Waals surface area contributed by atoms with E-state index in [1.807, 2.05) is 30.2 Å². The minimum absolute atomic E-state index is 0.0968. The van der Waals surface area contributed by atoms with Gasteiger partial charge in [-0.05, 0) is 37.3 Å². The predicted molar refractivity (Wildman–Crippen MR) is 93.4 cm³/mol. The number of hydrogen-bond acceptors (Lipinski definition) is 6. The summed E-state index contributed by atoms with van der Waals surface area (Å²) >= 11 is 1.54. The van der Waals surface area contributed by atoms with Crippen LogP contribution >= 0.6 is 11.8 Å². The Balaban J connectivity index is 1.49. The third kappa shape index (κ3) is 2.62. The quantitative estimate of drug-likeness (QED) is 0.629. The summed E-state index contributed by atoms with van der Waals surface area (Å²) in [4.78, 5) is 30.0. The fraction of sp³-hybridized carbons (Fsp3) is 0.412. The first-order valence-corrected chi connectivity index (χ1v) is 9.24. The molecule has 24 heavy (non-hydrogen) atoms. The summed E-state index contributed by atoms with van der Waals surface area (Å²) < 4.78 is 0. The monoisotopic (exact) mass is 341 g/mol. The van der Waals surface area contributed by atoms with E-state index in [0.717, 1.165) is 36.0 Å². The van der Waals surface area contributed by atoms with E-state index in [9.17, 15) is 4.79 Å². The van der Waals surface area contributed by atoms with E-state index < -0.39 is 0 Å². The van der Waals surface area contributed by atoms with Crippen LogP contribution in [-0.2, 0) is 0 Å². The normalized spacial score (nSPS) is 22.2. The summed E-state index contributed by atoms with van der Waals surface area (Å²) in [5.41, 5.74) is 1.70. The van der Waals surface area contributed by atoms with Crippen molar-refractivity contribution in [3.8, 4) is 0 Å². The maximum absolute atomic E-state index is 12.8. The van der Waals surface area contributed by atoms with E-state index in [1.54, 1.807) is 30.4 Å². The molecular formula is C17H19N5OS. The average molecular weight is 341 g/mol. The van der Waals surface area contributed by atoms with E-state index in [0.29, 0.717) is 5.56 Å². The summed E-state index contributed by atoms with van der Waals surface area (Å²) in [5, 5.41) is 0.783. The molecule has 1 amide bonds. The second kappa shape index (κ2) is 6.05. The highest BCUT2D eigenvalue weighted by Gasteiger charge is 2.47. The second-order valence-corrected chi connectivity index (χ2v) is 7.09. The van der Waals surface area contributed by atoms with Gasteiger partial charge in [0, 0.05) is 31.7 Å². The highest BCUT2D eigenvalue weighted by Crippen LogP contribution is 2.35. The van der Waals surface area contributed by atoms with Crippen LogP contribution in [0.5, 0.6) is 0 Å². The molecule has 2 unspecified atom stereocenters. The number of carbonyl (C=O) groups excluding carboxylic acids is 1. The number of piperazine rings is 1. The van der Waals surface area contributed by atoms with Crippen LogP contribution in [0.4, 0.5) is 5.82 Å². The first-order valence-electron chi connectivity index (χ1n) is 8.02. The first-order chi connectivity index (χ1) is 11.7. The molecule has 124 valence electrons. The lowest BCUT2D eigenvalue weighted by Gasteiger charge is -2.56. The Morgan fingerprint density at radius 2 is 2.08 bits per heavy atom. The van der Waals surface area contributed by atoms with Crippen molar-refractivity contribution < 1.29 is 4.79 Å². The standard InChI is InChI=1S/C17H19N5OS/c1-11-5-12(8-18-7-11)16(23)22-13-6-14(22)10-21(9-13)15-3-4-19-17(20-15)24-2/h3-5,7-8,13-14H,6,9-10H2,1-2H3. The Labute approximate surface area is 145 Å². The Morgan fingerprint density at radius 1 is 1.29 bits per heavy atom. The highest BCUT2D eigenvalue weighted by atomic mass is 32.2. The predicted octanol–water partition coefficient (Wildman–Crippen LogP) is 2.01. The minimum Gasteiger partial charge on any atom is -0.352 e. The van der Waals surface area contributed by atoms with Crippen LogP contribution in [0.2, 0.25) is 0 Å². The lowest BCUT2D eigenvalue weighted by atomic mass is 9.86. The molecule has 2 bridgehead atoms. The van der Waals surface area contributed by atoms with Crippen LogP contribution in [0.1, 0.15) is 22.3 Å². The third-order valence-corrected chi connectivity index (χ3v) is 5.24. The molecule has 3 aliphatic heterocycles. The number of piperidine rings is 1. The van der Waals surface area contributed by atoms with Gasteiger partial charge in [0.05, 0.1) is 17.6 Å². The molecule has 5 heterocycles. The summed E-state index contributed by atoms with van der Waals surface area (Å²) in [5.74, 6) is 1.05. The van der Waals surface area contributed by atoms with E-state index >= 15 is 0 Å². The van der Waals surface area contributed by atoms with Gasteiger partial charge < -0.3 is 9.80 Å². The second-order valence-electron chi connectivity index (χ2n) is 6.31. The topological polar surface area (TPSA) is 62.2 Å². The van der Waals surface area contributed by atoms with Crippen LogP contribution in [-0.4, -0.2) is 57.2 Å². The number of aryl methyl sites for hydroxylation is 1. The van der Waals surface area contributed by atoms with Gasteiger partial charge >= 0.3 is 0 Å². The van der Waals surface area contributed by atoms with Gasteiger partial charge in [-0.15, -0.1) is 0 Å². The van der Waals surface area contributed by atoms with Crippen molar-refractivity contribution in [1.82, 2.24) is 19.9 Å². The Morgan fingerprint density at radius 3 is 2.79 bits per heavy atom. The van der Waals surface area contributed by atoms with Crippen LogP contribution in [0.25, 0.3) is 0 Å². The van der Waals surface area contributed by atoms with Crippen molar-refractivity contribution in [3.05, 3.63) is 41.9 Å². The van der Waals surface area contributed by atoms with Gasteiger partial charge in [-0.1, -0.05) is 11.8 Å². The van der Waals surface area contributed by atoms with Crippen molar-refractivity contribution in [1.29, 1.82) is 0 Å². The van der Waals surface area contributed by atoms with Gasteiger partial charge in [-0.2, -0.15) is 0 Å². The van der Waals surface area contributed by atoms with Crippen LogP contribution in [0.15, 0.2) is 35.9 Å². The number of aromatic nitrogens is 3. The molecule has 3 saturated heterocycles. The highest BCUT2D eigenvalue weighted by molar-refractivity contribution is 7.98. The summed E-state index contributed by atoms with van der Waals surface area (Å²) in [6.07, 6.45) is 8.28. The number of nitrogens with zero attached hydrogens (tertiary/aromatic N) is 5. The number of hydrogen-bond donors (Lipinski definition) is 0. The number of thioether (sulfide) groups is 1. The number of carbonyl (C=O) groups is 1.